The largest absolute Gasteiger partial charge is 0.477 e. The predicted molar refractivity (Wildman–Crippen MR) is 89.3 cm³/mol. The molecule has 2 aromatic rings. The Morgan fingerprint density at radius 3 is 2.58 bits per heavy atom. The van der Waals surface area contributed by atoms with Crippen LogP contribution in [0.2, 0.25) is 0 Å². The zero-order valence-corrected chi connectivity index (χ0v) is 13.8. The summed E-state index contributed by atoms with van der Waals surface area (Å²) in [5.74, 6) is -3.63. The molecule has 0 atom stereocenters. The van der Waals surface area contributed by atoms with E-state index in [1.165, 1.54) is 12.1 Å². The van der Waals surface area contributed by atoms with Crippen LogP contribution in [-0.2, 0) is 4.79 Å². The van der Waals surface area contributed by atoms with Gasteiger partial charge in [0.1, 0.15) is 11.4 Å². The number of carbonyl (C=O) groups is 2. The third-order valence-corrected chi connectivity index (χ3v) is 3.98. The summed E-state index contributed by atoms with van der Waals surface area (Å²) in [4.78, 5) is 40.6. The molecule has 2 rings (SSSR count). The highest BCUT2D eigenvalue weighted by atomic mass is 32.2. The topological polar surface area (TPSA) is 112 Å². The van der Waals surface area contributed by atoms with Gasteiger partial charge in [0.25, 0.3) is 5.56 Å². The molecule has 7 nitrogen and oxygen atoms in total. The number of hydrogen-bond donors (Lipinski definition) is 3. The quantitative estimate of drug-likeness (QED) is 0.702. The van der Waals surface area contributed by atoms with Crippen molar-refractivity contribution in [2.75, 3.05) is 16.8 Å². The van der Waals surface area contributed by atoms with Crippen molar-refractivity contribution in [3.63, 3.8) is 0 Å². The number of benzene rings is 1. The molecule has 1 aromatic heterocycles. The lowest BCUT2D eigenvalue weighted by molar-refractivity contribution is -0.113. The van der Waals surface area contributed by atoms with Crippen molar-refractivity contribution in [1.29, 1.82) is 0 Å². The zero-order chi connectivity index (χ0) is 19.3. The van der Waals surface area contributed by atoms with Crippen LogP contribution in [0, 0.1) is 0 Å². The summed E-state index contributed by atoms with van der Waals surface area (Å²) in [5.41, 5.74) is -0.907. The molecule has 0 saturated carbocycles. The molecule has 0 bridgehead atoms. The number of anilines is 1. The van der Waals surface area contributed by atoms with Crippen LogP contribution in [0.1, 0.15) is 10.4 Å². The Hall–Kier alpha value is -2.82. The van der Waals surface area contributed by atoms with Gasteiger partial charge in [-0.25, -0.2) is 9.78 Å². The van der Waals surface area contributed by atoms with Gasteiger partial charge in [0, 0.05) is 11.8 Å². The summed E-state index contributed by atoms with van der Waals surface area (Å²) in [7, 11) is 0. The molecule has 138 valence electrons. The van der Waals surface area contributed by atoms with Crippen LogP contribution < -0.4 is 10.9 Å². The van der Waals surface area contributed by atoms with Gasteiger partial charge in [0.2, 0.25) is 5.91 Å². The first-order valence-electron chi connectivity index (χ1n) is 7.04. The second-order valence-electron chi connectivity index (χ2n) is 4.98. The summed E-state index contributed by atoms with van der Waals surface area (Å²) in [6, 6.07) is 6.16. The number of carboxylic acids is 1. The van der Waals surface area contributed by atoms with E-state index in [0.29, 0.717) is 11.8 Å². The molecule has 0 saturated heterocycles. The molecular formula is C15H12F3N3O4S. The van der Waals surface area contributed by atoms with Crippen LogP contribution in [0.15, 0.2) is 35.3 Å². The fourth-order valence-electron chi connectivity index (χ4n) is 1.93. The number of carboxylic acid groups (broad SMARTS) is 1. The van der Waals surface area contributed by atoms with Crippen LogP contribution in [-0.4, -0.2) is 44.6 Å². The van der Waals surface area contributed by atoms with Gasteiger partial charge >= 0.3 is 12.1 Å². The van der Waals surface area contributed by atoms with Crippen LogP contribution >= 0.6 is 11.8 Å². The molecule has 11 heteroatoms. The number of halogens is 3. The summed E-state index contributed by atoms with van der Waals surface area (Å²) in [5, 5.41) is 11.3. The lowest BCUT2D eigenvalue weighted by Gasteiger charge is -2.11. The second kappa shape index (κ2) is 8.04. The smallest absolute Gasteiger partial charge is 0.397 e. The van der Waals surface area contributed by atoms with Gasteiger partial charge in [0.15, 0.2) is 0 Å². The van der Waals surface area contributed by atoms with E-state index >= 15 is 0 Å². The SMILES string of the molecule is O=C(CSCC(F)(F)F)Nc1ccccc1-c1ncc(C(=O)O)c(=O)[nH]1. The number of thioether (sulfide) groups is 1. The molecule has 0 aliphatic heterocycles. The van der Waals surface area contributed by atoms with E-state index in [1.54, 1.807) is 12.1 Å². The highest BCUT2D eigenvalue weighted by Crippen LogP contribution is 2.25. The number of rotatable bonds is 6. The van der Waals surface area contributed by atoms with Crippen LogP contribution in [0.25, 0.3) is 11.4 Å². The standard InChI is InChI=1S/C15H12F3N3O4S/c16-15(17,18)7-26-6-11(22)20-10-4-2-1-3-8(10)12-19-5-9(14(24)25)13(23)21-12/h1-5H,6-7H2,(H,20,22)(H,24,25)(H,19,21,23). The zero-order valence-electron chi connectivity index (χ0n) is 13.0. The number of aromatic amines is 1. The number of aromatic carboxylic acids is 1. The minimum Gasteiger partial charge on any atom is -0.477 e. The Balaban J connectivity index is 2.18. The molecule has 3 N–H and O–H groups in total. The molecular weight excluding hydrogens is 375 g/mol. The number of nitrogens with zero attached hydrogens (tertiary/aromatic N) is 1. The molecule has 1 aromatic carbocycles. The molecule has 0 spiro atoms. The van der Waals surface area contributed by atoms with Crippen molar-refractivity contribution in [3.8, 4) is 11.4 Å². The van der Waals surface area contributed by atoms with Gasteiger partial charge in [-0.05, 0) is 12.1 Å². The van der Waals surface area contributed by atoms with Crippen LogP contribution in [0.3, 0.4) is 0 Å². The van der Waals surface area contributed by atoms with Crippen molar-refractivity contribution < 1.29 is 27.9 Å². The van der Waals surface area contributed by atoms with E-state index in [4.69, 9.17) is 5.11 Å². The van der Waals surface area contributed by atoms with Gasteiger partial charge in [0.05, 0.1) is 17.2 Å². The van der Waals surface area contributed by atoms with Crippen LogP contribution in [0.5, 0.6) is 0 Å². The van der Waals surface area contributed by atoms with Crippen molar-refractivity contribution in [2.45, 2.75) is 6.18 Å². The third kappa shape index (κ3) is 5.34. The average molecular weight is 387 g/mol. The first-order chi connectivity index (χ1) is 12.2. The average Bonchev–Trinajstić information content (AvgIpc) is 2.53. The summed E-state index contributed by atoms with van der Waals surface area (Å²) >= 11 is 0.421. The van der Waals surface area contributed by atoms with Crippen molar-refractivity contribution >= 4 is 29.3 Å². The molecule has 26 heavy (non-hydrogen) atoms. The van der Waals surface area contributed by atoms with E-state index in [2.05, 4.69) is 15.3 Å². The molecule has 0 unspecified atom stereocenters. The summed E-state index contributed by atoms with van der Waals surface area (Å²) < 4.78 is 36.3. The lowest BCUT2D eigenvalue weighted by atomic mass is 10.1. The predicted octanol–water partition coefficient (Wildman–Crippen LogP) is 2.37. The van der Waals surface area contributed by atoms with Crippen molar-refractivity contribution in [3.05, 3.63) is 46.4 Å². The lowest BCUT2D eigenvalue weighted by Crippen LogP contribution is -2.20. The number of alkyl halides is 3. The molecule has 0 aliphatic carbocycles. The number of H-pyrrole nitrogens is 1. The Labute approximate surface area is 148 Å². The van der Waals surface area contributed by atoms with Gasteiger partial charge < -0.3 is 15.4 Å². The second-order valence-corrected chi connectivity index (χ2v) is 5.97. The first kappa shape index (κ1) is 19.5. The number of para-hydroxylation sites is 1. The Morgan fingerprint density at radius 1 is 1.27 bits per heavy atom. The van der Waals surface area contributed by atoms with E-state index < -0.39 is 40.7 Å². The maximum atomic E-state index is 12.1. The minimum absolute atomic E-state index is 0.0128. The van der Waals surface area contributed by atoms with Gasteiger partial charge in [-0.3, -0.25) is 9.59 Å². The third-order valence-electron chi connectivity index (χ3n) is 2.98. The van der Waals surface area contributed by atoms with Crippen molar-refractivity contribution in [2.24, 2.45) is 0 Å². The highest BCUT2D eigenvalue weighted by Gasteiger charge is 2.27. The van der Waals surface area contributed by atoms with Crippen molar-refractivity contribution in [1.82, 2.24) is 9.97 Å². The Morgan fingerprint density at radius 2 is 1.96 bits per heavy atom. The first-order valence-corrected chi connectivity index (χ1v) is 8.19. The summed E-state index contributed by atoms with van der Waals surface area (Å²) in [6.45, 7) is 0. The molecule has 0 fully saturated rings. The monoisotopic (exact) mass is 387 g/mol. The Kier molecular flexibility index (Phi) is 6.03. The molecule has 1 heterocycles. The highest BCUT2D eigenvalue weighted by molar-refractivity contribution is 8.00. The number of carbonyl (C=O) groups excluding carboxylic acids is 1. The minimum atomic E-state index is -4.36. The van der Waals surface area contributed by atoms with Gasteiger partial charge in [-0.15, -0.1) is 11.8 Å². The Bertz CT molecular complexity index is 883. The summed E-state index contributed by atoms with van der Waals surface area (Å²) in [6.07, 6.45) is -3.48. The molecule has 0 aliphatic rings. The molecule has 0 radical (unpaired) electrons. The van der Waals surface area contributed by atoms with Gasteiger partial charge in [-0.2, -0.15) is 13.2 Å². The van der Waals surface area contributed by atoms with E-state index in [9.17, 15) is 27.6 Å². The maximum Gasteiger partial charge on any atom is 0.397 e. The number of hydrogen-bond acceptors (Lipinski definition) is 5. The van der Waals surface area contributed by atoms with E-state index in [0.717, 1.165) is 6.20 Å². The molecule has 1 amide bonds. The maximum absolute atomic E-state index is 12.1. The normalized spacial score (nSPS) is 11.2. The van der Waals surface area contributed by atoms with Gasteiger partial charge in [-0.1, -0.05) is 12.1 Å². The fourth-order valence-corrected chi connectivity index (χ4v) is 2.52. The van der Waals surface area contributed by atoms with Crippen LogP contribution in [0.4, 0.5) is 18.9 Å². The van der Waals surface area contributed by atoms with E-state index in [1.807, 2.05) is 0 Å². The number of nitrogens with one attached hydrogen (secondary N) is 2. The number of aromatic nitrogens is 2. The fraction of sp³-hybridized carbons (Fsp3) is 0.200. The van der Waals surface area contributed by atoms with E-state index in [-0.39, 0.29) is 17.1 Å². The number of amides is 1.